The second kappa shape index (κ2) is 15.6. The summed E-state index contributed by atoms with van der Waals surface area (Å²) in [6, 6.07) is 23.5. The molecule has 0 bridgehead atoms. The van der Waals surface area contributed by atoms with E-state index in [2.05, 4.69) is 28.1 Å². The Morgan fingerprint density at radius 2 is 1.37 bits per heavy atom. The van der Waals surface area contributed by atoms with Gasteiger partial charge >= 0.3 is 12.1 Å². The summed E-state index contributed by atoms with van der Waals surface area (Å²) >= 11 is 0. The van der Waals surface area contributed by atoms with Gasteiger partial charge in [0, 0.05) is 12.3 Å². The smallest absolute Gasteiger partial charge is 0.407 e. The van der Waals surface area contributed by atoms with E-state index in [-0.39, 0.29) is 37.5 Å². The van der Waals surface area contributed by atoms with Gasteiger partial charge in [-0.05, 0) is 59.4 Å². The predicted octanol–water partition coefficient (Wildman–Crippen LogP) is 5.27. The van der Waals surface area contributed by atoms with Gasteiger partial charge in [-0.1, -0.05) is 99.1 Å². The maximum Gasteiger partial charge on any atom is 0.407 e. The summed E-state index contributed by atoms with van der Waals surface area (Å²) in [6.07, 6.45) is 4.22. The molecule has 0 aliphatic heterocycles. The van der Waals surface area contributed by atoms with Crippen LogP contribution < -0.4 is 16.0 Å². The summed E-state index contributed by atoms with van der Waals surface area (Å²) in [5, 5.41) is 8.15. The first kappa shape index (κ1) is 32.7. The first-order chi connectivity index (χ1) is 22.3. The third-order valence-corrected chi connectivity index (χ3v) is 8.74. The number of hydrogen-bond donors (Lipinski definition) is 3. The fourth-order valence-corrected chi connectivity index (χ4v) is 6.32. The number of carbonyl (C=O) groups is 4. The van der Waals surface area contributed by atoms with Crippen LogP contribution in [0.25, 0.3) is 11.1 Å². The Morgan fingerprint density at radius 3 is 2.00 bits per heavy atom. The van der Waals surface area contributed by atoms with Crippen LogP contribution in [0.5, 0.6) is 0 Å². The van der Waals surface area contributed by atoms with Gasteiger partial charge in [0.2, 0.25) is 11.8 Å². The largest absolute Gasteiger partial charge is 0.461 e. The highest BCUT2D eigenvalue weighted by molar-refractivity contribution is 5.92. The molecule has 2 aliphatic rings. The van der Waals surface area contributed by atoms with Gasteiger partial charge in [-0.3, -0.25) is 14.4 Å². The molecule has 3 aromatic rings. The van der Waals surface area contributed by atoms with Gasteiger partial charge in [-0.15, -0.1) is 0 Å². The lowest BCUT2D eigenvalue weighted by Gasteiger charge is -2.26. The number of rotatable bonds is 12. The van der Waals surface area contributed by atoms with Gasteiger partial charge in [0.15, 0.2) is 0 Å². The van der Waals surface area contributed by atoms with E-state index in [1.165, 1.54) is 0 Å². The van der Waals surface area contributed by atoms with Crippen LogP contribution in [0.15, 0.2) is 78.9 Å². The molecule has 3 amide bonds. The topological polar surface area (TPSA) is 123 Å². The maximum absolute atomic E-state index is 13.6. The van der Waals surface area contributed by atoms with Crippen molar-refractivity contribution in [3.8, 4) is 11.1 Å². The van der Waals surface area contributed by atoms with Gasteiger partial charge in [-0.2, -0.15) is 0 Å². The van der Waals surface area contributed by atoms with Crippen LogP contribution in [-0.2, 0) is 30.3 Å². The van der Waals surface area contributed by atoms with Crippen molar-refractivity contribution < 1.29 is 28.7 Å². The van der Waals surface area contributed by atoms with Crippen LogP contribution in [0.2, 0.25) is 0 Å². The highest BCUT2D eigenvalue weighted by atomic mass is 16.6. The average molecular weight is 626 g/mol. The zero-order valence-electron chi connectivity index (χ0n) is 26.5. The lowest BCUT2D eigenvalue weighted by molar-refractivity contribution is -0.150. The van der Waals surface area contributed by atoms with Crippen LogP contribution in [-0.4, -0.2) is 55.2 Å². The summed E-state index contributed by atoms with van der Waals surface area (Å²) in [5.41, 5.74) is 5.26. The van der Waals surface area contributed by atoms with E-state index in [9.17, 15) is 19.2 Å². The Bertz CT molecular complexity index is 1470. The van der Waals surface area contributed by atoms with Crippen molar-refractivity contribution in [3.63, 3.8) is 0 Å². The summed E-state index contributed by atoms with van der Waals surface area (Å²) in [4.78, 5) is 52.4. The standard InChI is InChI=1S/C37H43N3O6/c1-24(2)34(40-37(44)45-23-31-29-19-11-9-17-27(29)28-18-10-12-20-30(28)31)36(43)39-32(21-25-13-5-3-6-14-25)35(42)38-22-33(41)46-26-15-7-4-8-16-26/h3,5-6,9-14,17-20,24,26,31-32,34H,4,7-8,15-16,21-23H2,1-2H3,(H,38,42)(H,39,43)(H,40,44)/t32-,34-/m0/s1. The number of ether oxygens (including phenoxy) is 2. The van der Waals surface area contributed by atoms with Gasteiger partial charge in [-0.25, -0.2) is 4.79 Å². The zero-order chi connectivity index (χ0) is 32.5. The third-order valence-electron chi connectivity index (χ3n) is 8.74. The minimum atomic E-state index is -0.983. The molecule has 9 heteroatoms. The van der Waals surface area contributed by atoms with E-state index in [0.717, 1.165) is 59.9 Å². The number of fused-ring (bicyclic) bond motifs is 3. The second-order valence-corrected chi connectivity index (χ2v) is 12.4. The van der Waals surface area contributed by atoms with E-state index < -0.39 is 36.0 Å². The molecule has 0 aromatic heterocycles. The molecule has 0 saturated heterocycles. The maximum atomic E-state index is 13.6. The molecule has 2 atom stereocenters. The van der Waals surface area contributed by atoms with E-state index in [1.54, 1.807) is 0 Å². The van der Waals surface area contributed by atoms with Gasteiger partial charge in [0.25, 0.3) is 0 Å². The number of alkyl carbamates (subject to hydrolysis) is 1. The summed E-state index contributed by atoms with van der Waals surface area (Å²) in [5.74, 6) is -1.95. The van der Waals surface area contributed by atoms with Crippen LogP contribution in [0, 0.1) is 5.92 Å². The van der Waals surface area contributed by atoms with Crippen molar-refractivity contribution in [2.45, 2.75) is 76.5 Å². The van der Waals surface area contributed by atoms with E-state index in [0.29, 0.717) is 0 Å². The minimum Gasteiger partial charge on any atom is -0.461 e. The normalized spacial score (nSPS) is 15.6. The summed E-state index contributed by atoms with van der Waals surface area (Å²) in [6.45, 7) is 3.44. The number of esters is 1. The molecule has 1 fully saturated rings. The Morgan fingerprint density at radius 1 is 0.761 bits per heavy atom. The summed E-state index contributed by atoms with van der Waals surface area (Å²) in [7, 11) is 0. The Balaban J connectivity index is 1.20. The molecular formula is C37H43N3O6. The summed E-state index contributed by atoms with van der Waals surface area (Å²) < 4.78 is 11.2. The molecule has 1 saturated carbocycles. The highest BCUT2D eigenvalue weighted by Crippen LogP contribution is 2.44. The van der Waals surface area contributed by atoms with Crippen molar-refractivity contribution in [1.82, 2.24) is 16.0 Å². The van der Waals surface area contributed by atoms with Crippen LogP contribution >= 0.6 is 0 Å². The lowest BCUT2D eigenvalue weighted by Crippen LogP contribution is -2.56. The van der Waals surface area contributed by atoms with Crippen molar-refractivity contribution >= 4 is 23.9 Å². The first-order valence-electron chi connectivity index (χ1n) is 16.2. The molecule has 0 unspecified atom stereocenters. The Kier molecular flexibility index (Phi) is 11.1. The average Bonchev–Trinajstić information content (AvgIpc) is 3.39. The van der Waals surface area contributed by atoms with Crippen molar-refractivity contribution in [2.75, 3.05) is 13.2 Å². The first-order valence-corrected chi connectivity index (χ1v) is 16.2. The van der Waals surface area contributed by atoms with Crippen LogP contribution in [0.1, 0.15) is 68.6 Å². The molecule has 9 nitrogen and oxygen atoms in total. The molecule has 3 N–H and O–H groups in total. The van der Waals surface area contributed by atoms with Crippen molar-refractivity contribution in [2.24, 2.45) is 5.92 Å². The Hall–Kier alpha value is -4.66. The quantitative estimate of drug-likeness (QED) is 0.236. The number of hydrogen-bond acceptors (Lipinski definition) is 6. The van der Waals surface area contributed by atoms with E-state index >= 15 is 0 Å². The molecule has 3 aromatic carbocycles. The number of benzene rings is 3. The number of nitrogens with one attached hydrogen (secondary N) is 3. The molecule has 0 radical (unpaired) electrons. The van der Waals surface area contributed by atoms with Crippen LogP contribution in [0.4, 0.5) is 4.79 Å². The fourth-order valence-electron chi connectivity index (χ4n) is 6.32. The monoisotopic (exact) mass is 625 g/mol. The van der Waals surface area contributed by atoms with Crippen molar-refractivity contribution in [3.05, 3.63) is 95.6 Å². The van der Waals surface area contributed by atoms with E-state index in [1.807, 2.05) is 80.6 Å². The van der Waals surface area contributed by atoms with Gasteiger partial charge in [0.05, 0.1) is 0 Å². The zero-order valence-corrected chi connectivity index (χ0v) is 26.5. The number of amides is 3. The highest BCUT2D eigenvalue weighted by Gasteiger charge is 2.32. The molecule has 2 aliphatic carbocycles. The molecule has 242 valence electrons. The minimum absolute atomic E-state index is 0.113. The van der Waals surface area contributed by atoms with Gasteiger partial charge in [0.1, 0.15) is 31.3 Å². The molecule has 5 rings (SSSR count). The number of carbonyl (C=O) groups excluding carboxylic acids is 4. The SMILES string of the molecule is CC(C)[C@H](NC(=O)OCC1c2ccccc2-c2ccccc21)C(=O)N[C@@H](Cc1ccccc1)C(=O)NCC(=O)OC1CCCCC1. The molecule has 0 heterocycles. The fraction of sp³-hybridized carbons (Fsp3) is 0.405. The second-order valence-electron chi connectivity index (χ2n) is 12.4. The molecule has 0 spiro atoms. The van der Waals surface area contributed by atoms with Gasteiger partial charge < -0.3 is 25.4 Å². The molecular weight excluding hydrogens is 582 g/mol. The molecule has 46 heavy (non-hydrogen) atoms. The van der Waals surface area contributed by atoms with E-state index in [4.69, 9.17) is 9.47 Å². The van der Waals surface area contributed by atoms with Crippen molar-refractivity contribution in [1.29, 1.82) is 0 Å². The third kappa shape index (κ3) is 8.33. The Labute approximate surface area is 270 Å². The lowest BCUT2D eigenvalue weighted by atomic mass is 9.98. The predicted molar refractivity (Wildman–Crippen MR) is 175 cm³/mol. The van der Waals surface area contributed by atoms with Crippen LogP contribution in [0.3, 0.4) is 0 Å².